The monoisotopic (exact) mass is 286 g/mol. The predicted octanol–water partition coefficient (Wildman–Crippen LogP) is 1.18. The summed E-state index contributed by atoms with van der Waals surface area (Å²) in [4.78, 5) is 35.5. The number of aromatic nitrogens is 3. The molecule has 6 heteroatoms. The number of rotatable bonds is 4. The van der Waals surface area contributed by atoms with E-state index in [9.17, 15) is 9.59 Å². The number of pyridine rings is 1. The van der Waals surface area contributed by atoms with Crippen LogP contribution in [0.25, 0.3) is 0 Å². The van der Waals surface area contributed by atoms with Crippen molar-refractivity contribution in [3.8, 4) is 0 Å². The van der Waals surface area contributed by atoms with Crippen LogP contribution in [0.3, 0.4) is 0 Å². The van der Waals surface area contributed by atoms with Crippen LogP contribution in [0.1, 0.15) is 28.7 Å². The summed E-state index contributed by atoms with van der Waals surface area (Å²) in [6.07, 6.45) is 4.86. The van der Waals surface area contributed by atoms with Crippen LogP contribution in [0.4, 0.5) is 0 Å². The lowest BCUT2D eigenvalue weighted by atomic mass is 10.1. The molecular weight excluding hydrogens is 268 g/mol. The molecule has 0 fully saturated rings. The maximum Gasteiger partial charge on any atom is 0.273 e. The number of nitrogens with one attached hydrogen (secondary N) is 1. The van der Waals surface area contributed by atoms with Crippen molar-refractivity contribution in [2.75, 3.05) is 7.05 Å². The Balaban J connectivity index is 2.08. The molecule has 0 saturated heterocycles. The number of hydrogen-bond acceptors (Lipinski definition) is 4. The van der Waals surface area contributed by atoms with Crippen molar-refractivity contribution in [1.82, 2.24) is 19.9 Å². The molecule has 0 saturated carbocycles. The average molecular weight is 286 g/mol. The Hall–Kier alpha value is -2.50. The highest BCUT2D eigenvalue weighted by atomic mass is 16.2. The molecule has 2 heterocycles. The molecule has 0 aliphatic carbocycles. The second-order valence-corrected chi connectivity index (χ2v) is 5.09. The summed E-state index contributed by atoms with van der Waals surface area (Å²) in [6, 6.07) is 3.92. The van der Waals surface area contributed by atoms with Gasteiger partial charge >= 0.3 is 0 Å². The Kier molecular flexibility index (Phi) is 4.47. The maximum absolute atomic E-state index is 12.3. The first-order valence-corrected chi connectivity index (χ1v) is 6.71. The van der Waals surface area contributed by atoms with Crippen molar-refractivity contribution in [3.63, 3.8) is 0 Å². The highest BCUT2D eigenvalue weighted by molar-refractivity contribution is 5.91. The van der Waals surface area contributed by atoms with Gasteiger partial charge in [-0.2, -0.15) is 0 Å². The second-order valence-electron chi connectivity index (χ2n) is 5.09. The molecule has 21 heavy (non-hydrogen) atoms. The first kappa shape index (κ1) is 14.9. The first-order valence-electron chi connectivity index (χ1n) is 6.71. The molecule has 2 aromatic rings. The van der Waals surface area contributed by atoms with Crippen molar-refractivity contribution >= 4 is 5.91 Å². The van der Waals surface area contributed by atoms with Crippen LogP contribution < -0.4 is 5.56 Å². The fourth-order valence-electron chi connectivity index (χ4n) is 1.99. The van der Waals surface area contributed by atoms with E-state index >= 15 is 0 Å². The molecule has 6 nitrogen and oxygen atoms in total. The zero-order chi connectivity index (χ0) is 15.4. The summed E-state index contributed by atoms with van der Waals surface area (Å²) in [5.41, 5.74) is 1.98. The molecule has 2 rings (SSSR count). The largest absolute Gasteiger partial charge is 0.337 e. The van der Waals surface area contributed by atoms with Gasteiger partial charge in [0.1, 0.15) is 5.69 Å². The lowest BCUT2D eigenvalue weighted by molar-refractivity contribution is 0.0736. The van der Waals surface area contributed by atoms with Gasteiger partial charge in [-0.1, -0.05) is 0 Å². The standard InChI is InChI=1S/C15H18N4O2/c1-10-4-5-16-12(6-10)7-11(2)19(3)15(21)13-8-18-14(20)9-17-13/h4-6,8-9,11H,7H2,1-3H3,(H,18,20)/t11-/m1/s1. The van der Waals surface area contributed by atoms with Crippen molar-refractivity contribution < 1.29 is 4.79 Å². The van der Waals surface area contributed by atoms with E-state index in [2.05, 4.69) is 15.0 Å². The summed E-state index contributed by atoms with van der Waals surface area (Å²) >= 11 is 0. The van der Waals surface area contributed by atoms with E-state index in [0.29, 0.717) is 6.42 Å². The summed E-state index contributed by atoms with van der Waals surface area (Å²) in [5, 5.41) is 0. The van der Waals surface area contributed by atoms with Gasteiger partial charge in [0.2, 0.25) is 0 Å². The molecule has 1 amide bonds. The Morgan fingerprint density at radius 1 is 1.43 bits per heavy atom. The van der Waals surface area contributed by atoms with Gasteiger partial charge in [-0.05, 0) is 31.5 Å². The second kappa shape index (κ2) is 6.30. The van der Waals surface area contributed by atoms with E-state index in [1.807, 2.05) is 26.0 Å². The van der Waals surface area contributed by atoms with Crippen molar-refractivity contribution in [1.29, 1.82) is 0 Å². The minimum atomic E-state index is -0.328. The van der Waals surface area contributed by atoms with Gasteiger partial charge in [0.05, 0.1) is 6.20 Å². The minimum Gasteiger partial charge on any atom is -0.337 e. The highest BCUT2D eigenvalue weighted by Gasteiger charge is 2.19. The van der Waals surface area contributed by atoms with Crippen molar-refractivity contribution in [3.05, 3.63) is 58.0 Å². The van der Waals surface area contributed by atoms with Crippen molar-refractivity contribution in [2.45, 2.75) is 26.3 Å². The third-order valence-corrected chi connectivity index (χ3v) is 3.35. The van der Waals surface area contributed by atoms with Crippen LogP contribution in [0.5, 0.6) is 0 Å². The van der Waals surface area contributed by atoms with E-state index < -0.39 is 0 Å². The molecule has 0 radical (unpaired) electrons. The number of carbonyl (C=O) groups excluding carboxylic acids is 1. The Bertz CT molecular complexity index is 676. The molecule has 0 spiro atoms. The normalized spacial score (nSPS) is 12.0. The average Bonchev–Trinajstić information content (AvgIpc) is 2.46. The van der Waals surface area contributed by atoms with Crippen LogP contribution in [-0.2, 0) is 6.42 Å². The van der Waals surface area contributed by atoms with Gasteiger partial charge in [-0.15, -0.1) is 0 Å². The fraction of sp³-hybridized carbons (Fsp3) is 0.333. The Morgan fingerprint density at radius 2 is 2.19 bits per heavy atom. The van der Waals surface area contributed by atoms with Crippen LogP contribution in [0.15, 0.2) is 35.5 Å². The SMILES string of the molecule is Cc1ccnc(C[C@@H](C)N(C)C(=O)c2c[nH]c(=O)cn2)c1. The Morgan fingerprint density at radius 3 is 2.81 bits per heavy atom. The molecule has 1 N–H and O–H groups in total. The zero-order valence-corrected chi connectivity index (χ0v) is 12.3. The molecule has 0 aromatic carbocycles. The molecule has 0 aliphatic heterocycles. The summed E-state index contributed by atoms with van der Waals surface area (Å²) in [5.74, 6) is -0.230. The van der Waals surface area contributed by atoms with Gasteiger partial charge < -0.3 is 9.88 Å². The molecule has 110 valence electrons. The van der Waals surface area contributed by atoms with Gasteiger partial charge in [-0.3, -0.25) is 14.6 Å². The van der Waals surface area contributed by atoms with Crippen LogP contribution in [0.2, 0.25) is 0 Å². The number of hydrogen-bond donors (Lipinski definition) is 1. The van der Waals surface area contributed by atoms with E-state index in [1.165, 1.54) is 6.20 Å². The summed E-state index contributed by atoms with van der Waals surface area (Å²) < 4.78 is 0. The number of amides is 1. The van der Waals surface area contributed by atoms with Crippen LogP contribution >= 0.6 is 0 Å². The van der Waals surface area contributed by atoms with E-state index in [1.54, 1.807) is 18.1 Å². The number of likely N-dealkylation sites (N-methyl/N-ethyl adjacent to an activating group) is 1. The Labute approximate surface area is 122 Å². The predicted molar refractivity (Wildman–Crippen MR) is 79.1 cm³/mol. The highest BCUT2D eigenvalue weighted by Crippen LogP contribution is 2.09. The van der Waals surface area contributed by atoms with Gasteiger partial charge in [0.25, 0.3) is 11.5 Å². The zero-order valence-electron chi connectivity index (χ0n) is 12.3. The number of aromatic amines is 1. The topological polar surface area (TPSA) is 79.0 Å². The summed E-state index contributed by atoms with van der Waals surface area (Å²) in [6.45, 7) is 3.96. The van der Waals surface area contributed by atoms with Gasteiger partial charge in [0, 0.05) is 37.6 Å². The van der Waals surface area contributed by atoms with Gasteiger partial charge in [0.15, 0.2) is 0 Å². The molecule has 0 aliphatic rings. The molecule has 0 unspecified atom stereocenters. The minimum absolute atomic E-state index is 0.0273. The lowest BCUT2D eigenvalue weighted by Crippen LogP contribution is -2.37. The molecule has 0 bridgehead atoms. The summed E-state index contributed by atoms with van der Waals surface area (Å²) in [7, 11) is 1.72. The number of H-pyrrole nitrogens is 1. The van der Waals surface area contributed by atoms with Gasteiger partial charge in [-0.25, -0.2) is 4.98 Å². The molecule has 1 atom stereocenters. The molecular formula is C15H18N4O2. The van der Waals surface area contributed by atoms with Crippen molar-refractivity contribution in [2.24, 2.45) is 0 Å². The number of nitrogens with zero attached hydrogens (tertiary/aromatic N) is 3. The lowest BCUT2D eigenvalue weighted by Gasteiger charge is -2.24. The van der Waals surface area contributed by atoms with Crippen LogP contribution in [-0.4, -0.2) is 38.8 Å². The van der Waals surface area contributed by atoms with E-state index in [-0.39, 0.29) is 23.2 Å². The van der Waals surface area contributed by atoms with E-state index in [0.717, 1.165) is 17.5 Å². The quantitative estimate of drug-likeness (QED) is 0.915. The first-order chi connectivity index (χ1) is 9.97. The van der Waals surface area contributed by atoms with Crippen LogP contribution in [0, 0.1) is 6.92 Å². The smallest absolute Gasteiger partial charge is 0.273 e. The third-order valence-electron chi connectivity index (χ3n) is 3.35. The number of aryl methyl sites for hydroxylation is 1. The fourth-order valence-corrected chi connectivity index (χ4v) is 1.99. The number of carbonyl (C=O) groups is 1. The van der Waals surface area contributed by atoms with E-state index in [4.69, 9.17) is 0 Å². The third kappa shape index (κ3) is 3.75. The molecule has 2 aromatic heterocycles. The maximum atomic E-state index is 12.3.